The fourth-order valence-electron chi connectivity index (χ4n) is 1.72. The predicted octanol–water partition coefficient (Wildman–Crippen LogP) is 2.52. The quantitative estimate of drug-likeness (QED) is 0.632. The van der Waals surface area contributed by atoms with Gasteiger partial charge >= 0.3 is 0 Å². The molecule has 21 heavy (non-hydrogen) atoms. The molecule has 1 aromatic heterocycles. The maximum absolute atomic E-state index is 12.2. The Hall–Kier alpha value is -2.15. The molecule has 6 nitrogen and oxygen atoms in total. The first-order valence-electron chi connectivity index (χ1n) is 6.54. The molecule has 0 bridgehead atoms. The minimum absolute atomic E-state index is 0.000172. The number of benzene rings is 1. The van der Waals surface area contributed by atoms with Crippen molar-refractivity contribution in [2.45, 2.75) is 30.7 Å². The summed E-state index contributed by atoms with van der Waals surface area (Å²) in [6.45, 7) is 3.45. The number of ketones is 1. The molecule has 1 amide bonds. The van der Waals surface area contributed by atoms with Crippen LogP contribution in [0.5, 0.6) is 0 Å². The van der Waals surface area contributed by atoms with Crippen LogP contribution in [0, 0.1) is 0 Å². The minimum atomic E-state index is -0.259. The highest BCUT2D eigenvalue weighted by atomic mass is 32.2. The maximum atomic E-state index is 12.2. The Kier molecular flexibility index (Phi) is 5.10. The number of H-pyrrole nitrogens is 1. The van der Waals surface area contributed by atoms with Crippen molar-refractivity contribution in [3.63, 3.8) is 0 Å². The highest BCUT2D eigenvalue weighted by Gasteiger charge is 2.19. The number of aromatic nitrogens is 3. The van der Waals surface area contributed by atoms with Gasteiger partial charge in [-0.25, -0.2) is 4.98 Å². The zero-order valence-corrected chi connectivity index (χ0v) is 12.6. The number of Topliss-reactive ketones (excluding diaryl/α,β-unsaturated/α-hetero) is 1. The number of aromatic amines is 1. The van der Waals surface area contributed by atoms with Crippen molar-refractivity contribution in [1.29, 1.82) is 0 Å². The van der Waals surface area contributed by atoms with E-state index in [0.29, 0.717) is 22.8 Å². The Balaban J connectivity index is 2.00. The number of rotatable bonds is 6. The zero-order valence-electron chi connectivity index (χ0n) is 11.8. The van der Waals surface area contributed by atoms with Gasteiger partial charge in [0.25, 0.3) is 0 Å². The van der Waals surface area contributed by atoms with Gasteiger partial charge in [0.15, 0.2) is 10.9 Å². The molecule has 2 aromatic rings. The van der Waals surface area contributed by atoms with E-state index in [-0.39, 0.29) is 16.9 Å². The molecular weight excluding hydrogens is 288 g/mol. The summed E-state index contributed by atoms with van der Waals surface area (Å²) >= 11 is 1.34. The average Bonchev–Trinajstić information content (AvgIpc) is 2.98. The van der Waals surface area contributed by atoms with Crippen LogP contribution in [-0.4, -0.2) is 32.1 Å². The molecule has 1 unspecified atom stereocenters. The lowest BCUT2D eigenvalue weighted by Gasteiger charge is -2.13. The van der Waals surface area contributed by atoms with E-state index in [9.17, 15) is 9.59 Å². The standard InChI is InChI=1S/C14H16N4O2S/c1-3-12(21-14-15-8-16-18-14)13(20)17-11-6-4-10(5-7-11)9(2)19/h4-8,12H,3H2,1-2H3,(H,17,20)(H,15,16,18). The van der Waals surface area contributed by atoms with Crippen LogP contribution >= 0.6 is 11.8 Å². The number of nitrogens with one attached hydrogen (secondary N) is 2. The van der Waals surface area contributed by atoms with Gasteiger partial charge < -0.3 is 5.32 Å². The molecule has 0 saturated carbocycles. The molecule has 0 aliphatic carbocycles. The zero-order chi connectivity index (χ0) is 15.2. The van der Waals surface area contributed by atoms with Crippen LogP contribution in [0.4, 0.5) is 5.69 Å². The number of carbonyl (C=O) groups excluding carboxylic acids is 2. The second-order valence-corrected chi connectivity index (χ2v) is 5.62. The molecule has 0 radical (unpaired) electrons. The molecule has 110 valence electrons. The first-order chi connectivity index (χ1) is 10.1. The summed E-state index contributed by atoms with van der Waals surface area (Å²) in [6, 6.07) is 6.84. The third-order valence-electron chi connectivity index (χ3n) is 2.87. The predicted molar refractivity (Wildman–Crippen MR) is 81.4 cm³/mol. The number of thioether (sulfide) groups is 1. The van der Waals surface area contributed by atoms with Crippen molar-refractivity contribution in [1.82, 2.24) is 15.2 Å². The van der Waals surface area contributed by atoms with Crippen molar-refractivity contribution in [3.8, 4) is 0 Å². The summed E-state index contributed by atoms with van der Waals surface area (Å²) in [6.07, 6.45) is 2.08. The van der Waals surface area contributed by atoms with Gasteiger partial charge in [-0.2, -0.15) is 5.10 Å². The van der Waals surface area contributed by atoms with E-state index in [1.807, 2.05) is 6.92 Å². The Labute approximate surface area is 126 Å². The molecule has 1 heterocycles. The van der Waals surface area contributed by atoms with Crippen molar-refractivity contribution in [3.05, 3.63) is 36.2 Å². The molecular formula is C14H16N4O2S. The smallest absolute Gasteiger partial charge is 0.237 e. The average molecular weight is 304 g/mol. The summed E-state index contributed by atoms with van der Waals surface area (Å²) in [5.41, 5.74) is 1.29. The number of hydrogen-bond donors (Lipinski definition) is 2. The fourth-order valence-corrected chi connectivity index (χ4v) is 2.53. The fraction of sp³-hybridized carbons (Fsp3) is 0.286. The number of anilines is 1. The lowest BCUT2D eigenvalue weighted by molar-refractivity contribution is -0.115. The lowest BCUT2D eigenvalue weighted by Crippen LogP contribution is -2.24. The van der Waals surface area contributed by atoms with E-state index in [1.54, 1.807) is 24.3 Å². The summed E-state index contributed by atoms with van der Waals surface area (Å²) in [7, 11) is 0. The van der Waals surface area contributed by atoms with Crippen molar-refractivity contribution >= 4 is 29.1 Å². The number of amides is 1. The van der Waals surface area contributed by atoms with Crippen LogP contribution in [0.25, 0.3) is 0 Å². The van der Waals surface area contributed by atoms with Gasteiger partial charge in [-0.3, -0.25) is 14.7 Å². The Morgan fingerprint density at radius 3 is 2.57 bits per heavy atom. The second-order valence-electron chi connectivity index (χ2n) is 4.43. The van der Waals surface area contributed by atoms with E-state index in [0.717, 1.165) is 0 Å². The van der Waals surface area contributed by atoms with E-state index in [1.165, 1.54) is 25.0 Å². The Bertz CT molecular complexity index is 610. The van der Waals surface area contributed by atoms with Crippen LogP contribution in [0.3, 0.4) is 0 Å². The van der Waals surface area contributed by atoms with Crippen LogP contribution in [-0.2, 0) is 4.79 Å². The van der Waals surface area contributed by atoms with Gasteiger partial charge in [-0.05, 0) is 37.6 Å². The normalized spacial score (nSPS) is 11.9. The summed E-state index contributed by atoms with van der Waals surface area (Å²) in [5.74, 6) is -0.102. The van der Waals surface area contributed by atoms with Crippen LogP contribution in [0.2, 0.25) is 0 Å². The van der Waals surface area contributed by atoms with Gasteiger partial charge in [-0.15, -0.1) is 0 Å². The van der Waals surface area contributed by atoms with Crippen LogP contribution in [0.1, 0.15) is 30.6 Å². The summed E-state index contributed by atoms with van der Waals surface area (Å²) in [5, 5.41) is 9.68. The Morgan fingerprint density at radius 2 is 2.05 bits per heavy atom. The molecule has 0 aliphatic rings. The highest BCUT2D eigenvalue weighted by Crippen LogP contribution is 2.22. The third kappa shape index (κ3) is 4.16. The van der Waals surface area contributed by atoms with Crippen molar-refractivity contribution < 1.29 is 9.59 Å². The van der Waals surface area contributed by atoms with Gasteiger partial charge in [0, 0.05) is 11.3 Å². The van der Waals surface area contributed by atoms with E-state index in [2.05, 4.69) is 20.5 Å². The van der Waals surface area contributed by atoms with Gasteiger partial charge in [0.2, 0.25) is 5.91 Å². The number of nitrogens with zero attached hydrogens (tertiary/aromatic N) is 2. The summed E-state index contributed by atoms with van der Waals surface area (Å²) in [4.78, 5) is 27.4. The summed E-state index contributed by atoms with van der Waals surface area (Å²) < 4.78 is 0. The lowest BCUT2D eigenvalue weighted by atomic mass is 10.1. The first kappa shape index (κ1) is 15.2. The molecule has 1 aromatic carbocycles. The molecule has 0 spiro atoms. The largest absolute Gasteiger partial charge is 0.325 e. The van der Waals surface area contributed by atoms with E-state index < -0.39 is 0 Å². The molecule has 2 N–H and O–H groups in total. The van der Waals surface area contributed by atoms with Crippen molar-refractivity contribution in [2.24, 2.45) is 0 Å². The molecule has 2 rings (SSSR count). The van der Waals surface area contributed by atoms with E-state index >= 15 is 0 Å². The molecule has 7 heteroatoms. The van der Waals surface area contributed by atoms with Crippen molar-refractivity contribution in [2.75, 3.05) is 5.32 Å². The topological polar surface area (TPSA) is 87.7 Å². The Morgan fingerprint density at radius 1 is 1.33 bits per heavy atom. The van der Waals surface area contributed by atoms with Crippen LogP contribution in [0.15, 0.2) is 35.7 Å². The number of hydrogen-bond acceptors (Lipinski definition) is 5. The minimum Gasteiger partial charge on any atom is -0.325 e. The molecule has 0 aliphatic heterocycles. The third-order valence-corrected chi connectivity index (χ3v) is 4.12. The van der Waals surface area contributed by atoms with Crippen LogP contribution < -0.4 is 5.32 Å². The maximum Gasteiger partial charge on any atom is 0.237 e. The molecule has 0 saturated heterocycles. The SMILES string of the molecule is CCC(Sc1ncn[nH]1)C(=O)Nc1ccc(C(C)=O)cc1. The first-order valence-corrected chi connectivity index (χ1v) is 7.42. The number of carbonyl (C=O) groups is 2. The molecule has 1 atom stereocenters. The van der Waals surface area contributed by atoms with Gasteiger partial charge in [0.1, 0.15) is 6.33 Å². The van der Waals surface area contributed by atoms with Gasteiger partial charge in [0.05, 0.1) is 5.25 Å². The molecule has 0 fully saturated rings. The second kappa shape index (κ2) is 7.03. The van der Waals surface area contributed by atoms with Gasteiger partial charge in [-0.1, -0.05) is 18.7 Å². The van der Waals surface area contributed by atoms with E-state index in [4.69, 9.17) is 0 Å². The monoisotopic (exact) mass is 304 g/mol. The highest BCUT2D eigenvalue weighted by molar-refractivity contribution is 8.00.